The van der Waals surface area contributed by atoms with Gasteiger partial charge in [-0.1, -0.05) is 19.3 Å². The van der Waals surface area contributed by atoms with E-state index in [1.807, 2.05) is 0 Å². The molecule has 0 aromatic heterocycles. The largest absolute Gasteiger partial charge is 0.338 e. The van der Waals surface area contributed by atoms with Gasteiger partial charge in [-0.15, -0.1) is 12.4 Å². The Labute approximate surface area is 129 Å². The highest BCUT2D eigenvalue weighted by Gasteiger charge is 2.31. The third-order valence-electron chi connectivity index (χ3n) is 4.89. The lowest BCUT2D eigenvalue weighted by molar-refractivity contribution is -0.133. The Kier molecular flexibility index (Phi) is 6.16. The number of rotatable bonds is 7. The summed E-state index contributed by atoms with van der Waals surface area (Å²) in [5, 5.41) is 3.37. The van der Waals surface area contributed by atoms with Gasteiger partial charge in [0, 0.05) is 12.6 Å². The predicted molar refractivity (Wildman–Crippen MR) is 84.2 cm³/mol. The summed E-state index contributed by atoms with van der Waals surface area (Å²) in [5.74, 6) is 2.04. The molecular formula is C16H29ClN2O. The first kappa shape index (κ1) is 16.1. The van der Waals surface area contributed by atoms with Crippen molar-refractivity contribution in [2.75, 3.05) is 19.6 Å². The summed E-state index contributed by atoms with van der Waals surface area (Å²) in [5.41, 5.74) is 0. The lowest BCUT2D eigenvalue weighted by Crippen LogP contribution is -2.46. The molecule has 0 aromatic rings. The van der Waals surface area contributed by atoms with Gasteiger partial charge in [0.25, 0.3) is 0 Å². The fourth-order valence-electron chi connectivity index (χ4n) is 3.23. The van der Waals surface area contributed by atoms with Crippen LogP contribution in [0.3, 0.4) is 0 Å². The van der Waals surface area contributed by atoms with Gasteiger partial charge in [0.15, 0.2) is 0 Å². The van der Waals surface area contributed by atoms with Gasteiger partial charge in [0.05, 0.1) is 6.54 Å². The van der Waals surface area contributed by atoms with Crippen LogP contribution in [0.5, 0.6) is 0 Å². The maximum absolute atomic E-state index is 12.5. The zero-order valence-corrected chi connectivity index (χ0v) is 13.3. The molecule has 3 rings (SSSR count). The van der Waals surface area contributed by atoms with Gasteiger partial charge in [-0.05, 0) is 56.9 Å². The second kappa shape index (κ2) is 7.65. The van der Waals surface area contributed by atoms with Crippen LogP contribution >= 0.6 is 12.4 Å². The van der Waals surface area contributed by atoms with Gasteiger partial charge in [-0.3, -0.25) is 4.79 Å². The van der Waals surface area contributed by atoms with Crippen LogP contribution in [0.4, 0.5) is 0 Å². The molecular weight excluding hydrogens is 272 g/mol. The average molecular weight is 301 g/mol. The molecule has 0 atom stereocenters. The van der Waals surface area contributed by atoms with Gasteiger partial charge in [-0.25, -0.2) is 0 Å². The molecule has 0 unspecified atom stereocenters. The number of carbonyl (C=O) groups excluding carboxylic acids is 1. The molecule has 0 bridgehead atoms. The zero-order valence-electron chi connectivity index (χ0n) is 12.5. The van der Waals surface area contributed by atoms with Crippen molar-refractivity contribution in [1.29, 1.82) is 0 Å². The van der Waals surface area contributed by atoms with Gasteiger partial charge in [0.1, 0.15) is 0 Å². The Balaban J connectivity index is 0.00000147. The molecule has 3 aliphatic carbocycles. The van der Waals surface area contributed by atoms with Crippen molar-refractivity contribution in [3.05, 3.63) is 0 Å². The SMILES string of the molecule is Cl.O=C(CNCC1CC1)N(CC1CC1)C1CCCCC1. The first-order valence-corrected chi connectivity index (χ1v) is 8.33. The van der Waals surface area contributed by atoms with Crippen molar-refractivity contribution in [1.82, 2.24) is 10.2 Å². The highest BCUT2D eigenvalue weighted by molar-refractivity contribution is 5.85. The lowest BCUT2D eigenvalue weighted by Gasteiger charge is -2.34. The maximum Gasteiger partial charge on any atom is 0.236 e. The van der Waals surface area contributed by atoms with E-state index in [0.29, 0.717) is 18.5 Å². The van der Waals surface area contributed by atoms with Crippen LogP contribution in [0.25, 0.3) is 0 Å². The van der Waals surface area contributed by atoms with Crippen molar-refractivity contribution >= 4 is 18.3 Å². The molecule has 1 amide bonds. The monoisotopic (exact) mass is 300 g/mol. The van der Waals surface area contributed by atoms with Crippen molar-refractivity contribution < 1.29 is 4.79 Å². The molecule has 3 fully saturated rings. The number of nitrogens with one attached hydrogen (secondary N) is 1. The Hall–Kier alpha value is -0.280. The third-order valence-corrected chi connectivity index (χ3v) is 4.89. The van der Waals surface area contributed by atoms with E-state index in [1.54, 1.807) is 0 Å². The summed E-state index contributed by atoms with van der Waals surface area (Å²) < 4.78 is 0. The number of hydrogen-bond donors (Lipinski definition) is 1. The molecule has 0 saturated heterocycles. The minimum Gasteiger partial charge on any atom is -0.338 e. The zero-order chi connectivity index (χ0) is 13.1. The molecule has 1 N–H and O–H groups in total. The molecule has 20 heavy (non-hydrogen) atoms. The Morgan fingerprint density at radius 2 is 1.60 bits per heavy atom. The fourth-order valence-corrected chi connectivity index (χ4v) is 3.23. The molecule has 0 radical (unpaired) electrons. The Bertz CT molecular complexity index is 310. The molecule has 0 heterocycles. The molecule has 0 aliphatic heterocycles. The predicted octanol–water partition coefficient (Wildman–Crippen LogP) is 2.98. The van der Waals surface area contributed by atoms with E-state index in [1.165, 1.54) is 57.8 Å². The number of carbonyl (C=O) groups is 1. The van der Waals surface area contributed by atoms with E-state index in [9.17, 15) is 4.79 Å². The molecule has 3 aliphatic rings. The maximum atomic E-state index is 12.5. The third kappa shape index (κ3) is 4.92. The normalized spacial score (nSPS) is 23.2. The first-order chi connectivity index (χ1) is 9.33. The van der Waals surface area contributed by atoms with E-state index < -0.39 is 0 Å². The summed E-state index contributed by atoms with van der Waals surface area (Å²) >= 11 is 0. The van der Waals surface area contributed by atoms with Crippen molar-refractivity contribution in [3.63, 3.8) is 0 Å². The summed E-state index contributed by atoms with van der Waals surface area (Å²) in [6, 6.07) is 0.546. The van der Waals surface area contributed by atoms with Crippen LogP contribution in [0.15, 0.2) is 0 Å². The second-order valence-electron chi connectivity index (χ2n) is 6.86. The van der Waals surface area contributed by atoms with Crippen LogP contribution in [0.1, 0.15) is 57.8 Å². The molecule has 0 spiro atoms. The second-order valence-corrected chi connectivity index (χ2v) is 6.86. The van der Waals surface area contributed by atoms with Gasteiger partial charge < -0.3 is 10.2 Å². The van der Waals surface area contributed by atoms with Gasteiger partial charge >= 0.3 is 0 Å². The summed E-state index contributed by atoms with van der Waals surface area (Å²) in [6.45, 7) is 2.65. The molecule has 0 aromatic carbocycles. The van der Waals surface area contributed by atoms with Crippen LogP contribution in [0.2, 0.25) is 0 Å². The number of hydrogen-bond acceptors (Lipinski definition) is 2. The van der Waals surface area contributed by atoms with Crippen molar-refractivity contribution in [3.8, 4) is 0 Å². The van der Waals surface area contributed by atoms with Gasteiger partial charge in [0.2, 0.25) is 5.91 Å². The van der Waals surface area contributed by atoms with E-state index in [0.717, 1.165) is 24.9 Å². The fraction of sp³-hybridized carbons (Fsp3) is 0.938. The quantitative estimate of drug-likeness (QED) is 0.784. The molecule has 3 saturated carbocycles. The lowest BCUT2D eigenvalue weighted by atomic mass is 9.94. The van der Waals surface area contributed by atoms with Crippen molar-refractivity contribution in [2.24, 2.45) is 11.8 Å². The van der Waals surface area contributed by atoms with Crippen LogP contribution < -0.4 is 5.32 Å². The standard InChI is InChI=1S/C16H28N2O.ClH/c19-16(11-17-10-13-6-7-13)18(12-14-8-9-14)15-4-2-1-3-5-15;/h13-15,17H,1-12H2;1H. The molecule has 116 valence electrons. The minimum absolute atomic E-state index is 0. The smallest absolute Gasteiger partial charge is 0.236 e. The summed E-state index contributed by atoms with van der Waals surface area (Å²) in [6.07, 6.45) is 11.9. The minimum atomic E-state index is 0. The van der Waals surface area contributed by atoms with Gasteiger partial charge in [-0.2, -0.15) is 0 Å². The highest BCUT2D eigenvalue weighted by atomic mass is 35.5. The van der Waals surface area contributed by atoms with Crippen LogP contribution in [0, 0.1) is 11.8 Å². The van der Waals surface area contributed by atoms with Crippen molar-refractivity contribution in [2.45, 2.75) is 63.8 Å². The Morgan fingerprint density at radius 1 is 0.950 bits per heavy atom. The summed E-state index contributed by atoms with van der Waals surface area (Å²) in [7, 11) is 0. The average Bonchev–Trinajstić information content (AvgIpc) is 3.31. The van der Waals surface area contributed by atoms with E-state index in [2.05, 4.69) is 10.2 Å². The number of halogens is 1. The Morgan fingerprint density at radius 3 is 2.20 bits per heavy atom. The van der Waals surface area contributed by atoms with Crippen LogP contribution in [-0.4, -0.2) is 36.5 Å². The number of amides is 1. The van der Waals surface area contributed by atoms with E-state index >= 15 is 0 Å². The summed E-state index contributed by atoms with van der Waals surface area (Å²) in [4.78, 5) is 14.7. The van der Waals surface area contributed by atoms with Crippen LogP contribution in [-0.2, 0) is 4.79 Å². The highest BCUT2D eigenvalue weighted by Crippen LogP contribution is 2.32. The van der Waals surface area contributed by atoms with E-state index in [4.69, 9.17) is 0 Å². The first-order valence-electron chi connectivity index (χ1n) is 8.33. The number of nitrogens with zero attached hydrogens (tertiary/aromatic N) is 1. The molecule has 4 heteroatoms. The topological polar surface area (TPSA) is 32.3 Å². The molecule has 3 nitrogen and oxygen atoms in total. The van der Waals surface area contributed by atoms with E-state index in [-0.39, 0.29) is 12.4 Å².